The maximum absolute atomic E-state index is 13.7. The van der Waals surface area contributed by atoms with Gasteiger partial charge in [0.25, 0.3) is 15.9 Å². The number of rotatable bonds is 5. The molecule has 0 aliphatic heterocycles. The van der Waals surface area contributed by atoms with Gasteiger partial charge in [0, 0.05) is 12.0 Å². The number of hydrogen-bond donors (Lipinski definition) is 1. The van der Waals surface area contributed by atoms with Crippen molar-refractivity contribution in [1.82, 2.24) is 10.2 Å². The Morgan fingerprint density at radius 1 is 1.16 bits per heavy atom. The van der Waals surface area contributed by atoms with Gasteiger partial charge < -0.3 is 4.42 Å². The van der Waals surface area contributed by atoms with Crippen LogP contribution in [-0.4, -0.2) is 18.6 Å². The molecule has 130 valence electrons. The Hall–Kier alpha value is -2.33. The topological polar surface area (TPSA) is 85.1 Å². The first-order valence-electron chi connectivity index (χ1n) is 7.34. The molecule has 0 unspecified atom stereocenters. The molecule has 0 amide bonds. The number of aromatic nitrogens is 2. The molecular formula is C15H11F2N3O3S2. The van der Waals surface area contributed by atoms with Crippen LogP contribution in [0, 0.1) is 11.6 Å². The van der Waals surface area contributed by atoms with E-state index in [1.807, 2.05) is 0 Å². The van der Waals surface area contributed by atoms with E-state index in [9.17, 15) is 17.2 Å². The molecule has 0 bridgehead atoms. The predicted molar refractivity (Wildman–Crippen MR) is 86.8 cm³/mol. The number of anilines is 1. The summed E-state index contributed by atoms with van der Waals surface area (Å²) < 4.78 is 58.9. The number of nitrogens with one attached hydrogen (secondary N) is 1. The molecule has 4 rings (SSSR count). The quantitative estimate of drug-likeness (QED) is 0.725. The molecule has 10 heteroatoms. The van der Waals surface area contributed by atoms with Crippen LogP contribution in [0.3, 0.4) is 0 Å². The Labute approximate surface area is 145 Å². The van der Waals surface area contributed by atoms with Gasteiger partial charge in [-0.05, 0) is 37.1 Å². The minimum absolute atomic E-state index is 0.0441. The van der Waals surface area contributed by atoms with E-state index >= 15 is 0 Å². The minimum Gasteiger partial charge on any atom is -0.420 e. The predicted octanol–water partition coefficient (Wildman–Crippen LogP) is 3.75. The summed E-state index contributed by atoms with van der Waals surface area (Å²) >= 11 is 0.923. The van der Waals surface area contributed by atoms with Crippen molar-refractivity contribution in [3.8, 4) is 10.8 Å². The molecule has 0 radical (unpaired) electrons. The lowest BCUT2D eigenvalue weighted by Crippen LogP contribution is -2.12. The van der Waals surface area contributed by atoms with E-state index in [2.05, 4.69) is 14.9 Å². The number of nitrogens with zero attached hydrogens (tertiary/aromatic N) is 2. The van der Waals surface area contributed by atoms with Gasteiger partial charge in [-0.3, -0.25) is 4.72 Å². The zero-order valence-corrected chi connectivity index (χ0v) is 14.2. The fourth-order valence-corrected chi connectivity index (χ4v) is 4.47. The number of hydrogen-bond acceptors (Lipinski definition) is 6. The van der Waals surface area contributed by atoms with Gasteiger partial charge in [-0.1, -0.05) is 0 Å². The summed E-state index contributed by atoms with van der Waals surface area (Å²) in [5.41, 5.74) is -0.329. The lowest BCUT2D eigenvalue weighted by molar-refractivity contribution is 0.509. The summed E-state index contributed by atoms with van der Waals surface area (Å²) in [5, 5.41) is 7.88. The summed E-state index contributed by atoms with van der Waals surface area (Å²) in [7, 11) is -4.02. The molecule has 1 saturated carbocycles. The van der Waals surface area contributed by atoms with Crippen molar-refractivity contribution in [2.75, 3.05) is 4.72 Å². The second-order valence-electron chi connectivity index (χ2n) is 5.57. The van der Waals surface area contributed by atoms with E-state index in [4.69, 9.17) is 4.42 Å². The zero-order chi connectivity index (χ0) is 17.6. The normalized spacial score (nSPS) is 14.6. The second kappa shape index (κ2) is 5.88. The maximum Gasteiger partial charge on any atom is 0.271 e. The fourth-order valence-electron chi connectivity index (χ4n) is 2.18. The van der Waals surface area contributed by atoms with Crippen LogP contribution in [0.2, 0.25) is 0 Å². The molecule has 2 aromatic heterocycles. The Kier molecular flexibility index (Phi) is 3.80. The van der Waals surface area contributed by atoms with Crippen molar-refractivity contribution in [2.24, 2.45) is 0 Å². The Bertz CT molecular complexity index is 1040. The van der Waals surface area contributed by atoms with E-state index < -0.39 is 21.7 Å². The van der Waals surface area contributed by atoms with Crippen molar-refractivity contribution in [3.63, 3.8) is 0 Å². The van der Waals surface area contributed by atoms with Crippen LogP contribution in [0.1, 0.15) is 24.7 Å². The molecule has 25 heavy (non-hydrogen) atoms. The smallest absolute Gasteiger partial charge is 0.271 e. The highest BCUT2D eigenvalue weighted by Gasteiger charge is 2.30. The van der Waals surface area contributed by atoms with Crippen molar-refractivity contribution < 1.29 is 21.6 Å². The Morgan fingerprint density at radius 3 is 2.68 bits per heavy atom. The van der Waals surface area contributed by atoms with Crippen LogP contribution < -0.4 is 4.72 Å². The standard InChI is InChI=1S/C15H11F2N3O3S2/c16-9-3-4-11(10(17)7-9)20-25(21,22)13-6-5-12(24-13)15-19-18-14(23-15)8-1-2-8/h3-8,20H,1-2H2. The van der Waals surface area contributed by atoms with Gasteiger partial charge in [0.15, 0.2) is 0 Å². The van der Waals surface area contributed by atoms with E-state index in [0.717, 1.165) is 36.3 Å². The highest BCUT2D eigenvalue weighted by molar-refractivity contribution is 7.94. The van der Waals surface area contributed by atoms with Gasteiger partial charge in [0.2, 0.25) is 5.89 Å². The Balaban J connectivity index is 1.59. The molecule has 3 aromatic rings. The summed E-state index contributed by atoms with van der Waals surface area (Å²) in [6.45, 7) is 0. The van der Waals surface area contributed by atoms with Crippen LogP contribution in [-0.2, 0) is 10.0 Å². The third kappa shape index (κ3) is 3.27. The van der Waals surface area contributed by atoms with E-state index in [-0.39, 0.29) is 15.8 Å². The van der Waals surface area contributed by atoms with Crippen molar-refractivity contribution in [3.05, 3.63) is 47.9 Å². The highest BCUT2D eigenvalue weighted by Crippen LogP contribution is 2.40. The average Bonchev–Trinajstić information content (AvgIpc) is 3.09. The maximum atomic E-state index is 13.7. The molecule has 2 heterocycles. The van der Waals surface area contributed by atoms with Gasteiger partial charge in [0.05, 0.1) is 10.6 Å². The third-order valence-electron chi connectivity index (χ3n) is 3.60. The summed E-state index contributed by atoms with van der Waals surface area (Å²) in [6.07, 6.45) is 2.03. The zero-order valence-electron chi connectivity index (χ0n) is 12.6. The molecule has 1 aliphatic rings. The van der Waals surface area contributed by atoms with E-state index in [0.29, 0.717) is 22.8 Å². The minimum atomic E-state index is -4.02. The van der Waals surface area contributed by atoms with Gasteiger partial charge >= 0.3 is 0 Å². The number of thiophene rings is 1. The monoisotopic (exact) mass is 383 g/mol. The van der Waals surface area contributed by atoms with Gasteiger partial charge in [0.1, 0.15) is 15.8 Å². The van der Waals surface area contributed by atoms with Crippen molar-refractivity contribution >= 4 is 27.0 Å². The second-order valence-corrected chi connectivity index (χ2v) is 8.56. The van der Waals surface area contributed by atoms with Crippen LogP contribution in [0.5, 0.6) is 0 Å². The van der Waals surface area contributed by atoms with E-state index in [1.54, 1.807) is 6.07 Å². The fraction of sp³-hybridized carbons (Fsp3) is 0.200. The van der Waals surface area contributed by atoms with E-state index in [1.165, 1.54) is 6.07 Å². The third-order valence-corrected chi connectivity index (χ3v) is 6.53. The van der Waals surface area contributed by atoms with Gasteiger partial charge in [-0.2, -0.15) is 0 Å². The van der Waals surface area contributed by atoms with Crippen molar-refractivity contribution in [1.29, 1.82) is 0 Å². The molecule has 0 saturated heterocycles. The van der Waals surface area contributed by atoms with Crippen molar-refractivity contribution in [2.45, 2.75) is 23.0 Å². The molecule has 1 aromatic carbocycles. The number of sulfonamides is 1. The largest absolute Gasteiger partial charge is 0.420 e. The first-order chi connectivity index (χ1) is 11.9. The highest BCUT2D eigenvalue weighted by atomic mass is 32.2. The van der Waals surface area contributed by atoms with Crippen LogP contribution in [0.4, 0.5) is 14.5 Å². The molecule has 0 spiro atoms. The van der Waals surface area contributed by atoms with Crippen LogP contribution in [0.15, 0.2) is 39.0 Å². The summed E-state index contributed by atoms with van der Waals surface area (Å²) in [4.78, 5) is 0.499. The number of halogens is 2. The van der Waals surface area contributed by atoms with Crippen LogP contribution in [0.25, 0.3) is 10.8 Å². The molecule has 1 fully saturated rings. The number of benzene rings is 1. The summed E-state index contributed by atoms with van der Waals surface area (Å²) in [5.74, 6) is -0.679. The first-order valence-corrected chi connectivity index (χ1v) is 9.64. The van der Waals surface area contributed by atoms with Crippen LogP contribution >= 0.6 is 11.3 Å². The molecular weight excluding hydrogens is 372 g/mol. The molecule has 1 N–H and O–H groups in total. The molecule has 0 atom stereocenters. The lowest BCUT2D eigenvalue weighted by atomic mass is 10.3. The first kappa shape index (κ1) is 16.2. The SMILES string of the molecule is O=S(=O)(Nc1ccc(F)cc1F)c1ccc(-c2nnc(C3CC3)o2)s1. The molecule has 6 nitrogen and oxygen atoms in total. The lowest BCUT2D eigenvalue weighted by Gasteiger charge is -2.07. The molecule has 1 aliphatic carbocycles. The Morgan fingerprint density at radius 2 is 1.96 bits per heavy atom. The van der Waals surface area contributed by atoms with Gasteiger partial charge in [-0.25, -0.2) is 17.2 Å². The summed E-state index contributed by atoms with van der Waals surface area (Å²) in [6, 6.07) is 5.51. The van der Waals surface area contributed by atoms with Gasteiger partial charge in [-0.15, -0.1) is 21.5 Å². The average molecular weight is 383 g/mol.